The van der Waals surface area contributed by atoms with Gasteiger partial charge < -0.3 is 15.3 Å². The second-order valence-corrected chi connectivity index (χ2v) is 9.84. The number of fused-ring (bicyclic) bond motifs is 1. The lowest BCUT2D eigenvalue weighted by molar-refractivity contribution is -0.135. The molecule has 0 saturated heterocycles. The topological polar surface area (TPSA) is 82.5 Å². The number of aliphatic carboxylic acids is 1. The zero-order chi connectivity index (χ0) is 26.3. The van der Waals surface area contributed by atoms with Crippen LogP contribution in [0.5, 0.6) is 0 Å². The Hall–Kier alpha value is -4.49. The molecule has 0 aliphatic heterocycles. The van der Waals surface area contributed by atoms with Crippen LogP contribution < -0.4 is 10.2 Å². The van der Waals surface area contributed by atoms with Crippen molar-refractivity contribution in [1.82, 2.24) is 10.3 Å². The number of hydrogen-bond donors (Lipinski definition) is 2. The number of aromatic nitrogens is 1. The van der Waals surface area contributed by atoms with E-state index in [1.165, 1.54) is 16.3 Å². The summed E-state index contributed by atoms with van der Waals surface area (Å²) in [6.07, 6.45) is 0.876. The third kappa shape index (κ3) is 6.25. The Morgan fingerprint density at radius 3 is 2.34 bits per heavy atom. The number of rotatable bonds is 10. The van der Waals surface area contributed by atoms with Crippen LogP contribution in [0.15, 0.2) is 102 Å². The molecule has 0 atom stereocenters. The molecular formula is C31H27N3O3S. The van der Waals surface area contributed by atoms with Gasteiger partial charge in [-0.25, -0.2) is 4.98 Å². The summed E-state index contributed by atoms with van der Waals surface area (Å²) in [4.78, 5) is 30.2. The molecule has 1 aromatic heterocycles. The van der Waals surface area contributed by atoms with Gasteiger partial charge in [-0.1, -0.05) is 78.9 Å². The van der Waals surface area contributed by atoms with Crippen LogP contribution in [0.25, 0.3) is 22.0 Å². The highest BCUT2D eigenvalue weighted by Crippen LogP contribution is 2.30. The molecule has 190 valence electrons. The Morgan fingerprint density at radius 1 is 0.842 bits per heavy atom. The van der Waals surface area contributed by atoms with Crippen molar-refractivity contribution < 1.29 is 14.7 Å². The van der Waals surface area contributed by atoms with Gasteiger partial charge in [0.15, 0.2) is 5.13 Å². The first-order chi connectivity index (χ1) is 18.5. The van der Waals surface area contributed by atoms with Gasteiger partial charge in [0.05, 0.1) is 5.69 Å². The molecule has 2 N–H and O–H groups in total. The summed E-state index contributed by atoms with van der Waals surface area (Å²) in [6.45, 7) is 1.02. The lowest BCUT2D eigenvalue weighted by Crippen LogP contribution is -2.29. The van der Waals surface area contributed by atoms with Crippen molar-refractivity contribution in [2.24, 2.45) is 0 Å². The maximum absolute atomic E-state index is 12.2. The lowest BCUT2D eigenvalue weighted by Gasteiger charge is -2.22. The number of thiazole rings is 1. The minimum absolute atomic E-state index is 0.403. The van der Waals surface area contributed by atoms with Crippen LogP contribution >= 0.6 is 11.3 Å². The van der Waals surface area contributed by atoms with E-state index in [0.29, 0.717) is 12.1 Å². The van der Waals surface area contributed by atoms with Gasteiger partial charge in [-0.05, 0) is 46.5 Å². The average molecular weight is 522 g/mol. The monoisotopic (exact) mass is 521 g/mol. The van der Waals surface area contributed by atoms with Gasteiger partial charge >= 0.3 is 5.97 Å². The summed E-state index contributed by atoms with van der Waals surface area (Å²) in [6, 6.07) is 32.4. The van der Waals surface area contributed by atoms with Crippen molar-refractivity contribution in [1.29, 1.82) is 0 Å². The van der Waals surface area contributed by atoms with E-state index in [9.17, 15) is 9.59 Å². The first-order valence-corrected chi connectivity index (χ1v) is 13.3. The fraction of sp³-hybridized carbons (Fsp3) is 0.129. The molecule has 0 aliphatic rings. The van der Waals surface area contributed by atoms with E-state index in [2.05, 4.69) is 70.2 Å². The summed E-state index contributed by atoms with van der Waals surface area (Å²) in [5, 5.41) is 16.6. The number of benzene rings is 4. The standard InChI is InChI=1S/C31H27N3O3S/c35-29(36)19-32-30(37)25-12-10-23(11-13-25)20-34(17-16-22-6-2-1-3-7-22)31-33-28(21-38-31)27-15-14-24-8-4-5-9-26(24)18-27/h1-15,18,21H,16-17,19-20H2,(H,32,37)(H,35,36). The van der Waals surface area contributed by atoms with E-state index < -0.39 is 18.4 Å². The SMILES string of the molecule is O=C(O)CNC(=O)c1ccc(CN(CCc2ccccc2)c2nc(-c3ccc4ccccc4c3)cs2)cc1. The van der Waals surface area contributed by atoms with Crippen LogP contribution in [0.1, 0.15) is 21.5 Å². The second-order valence-electron chi connectivity index (χ2n) is 9.01. The van der Waals surface area contributed by atoms with Crippen LogP contribution in [0.2, 0.25) is 0 Å². The van der Waals surface area contributed by atoms with E-state index in [0.717, 1.165) is 34.9 Å². The number of hydrogen-bond acceptors (Lipinski definition) is 5. The summed E-state index contributed by atoms with van der Waals surface area (Å²) in [5.41, 5.74) is 4.76. The molecule has 38 heavy (non-hydrogen) atoms. The van der Waals surface area contributed by atoms with E-state index in [-0.39, 0.29) is 0 Å². The molecule has 4 aromatic carbocycles. The van der Waals surface area contributed by atoms with Crippen LogP contribution in [0.4, 0.5) is 5.13 Å². The molecule has 6 nitrogen and oxygen atoms in total. The molecule has 1 heterocycles. The molecule has 5 aromatic rings. The highest BCUT2D eigenvalue weighted by atomic mass is 32.1. The minimum atomic E-state index is -1.07. The highest BCUT2D eigenvalue weighted by Gasteiger charge is 2.15. The smallest absolute Gasteiger partial charge is 0.322 e. The predicted molar refractivity (Wildman–Crippen MR) is 153 cm³/mol. The molecule has 0 saturated carbocycles. The van der Waals surface area contributed by atoms with Crippen LogP contribution in [-0.2, 0) is 17.8 Å². The molecule has 1 amide bonds. The summed E-state index contributed by atoms with van der Waals surface area (Å²) < 4.78 is 0. The van der Waals surface area contributed by atoms with Crippen molar-refractivity contribution in [2.75, 3.05) is 18.0 Å². The molecule has 0 radical (unpaired) electrons. The number of carboxylic acid groups (broad SMARTS) is 1. The number of carbonyl (C=O) groups is 2. The Balaban J connectivity index is 1.36. The van der Waals surface area contributed by atoms with Crippen LogP contribution in [0, 0.1) is 0 Å². The van der Waals surface area contributed by atoms with Crippen LogP contribution in [0.3, 0.4) is 0 Å². The third-order valence-corrected chi connectivity index (χ3v) is 7.21. The van der Waals surface area contributed by atoms with Gasteiger partial charge in [-0.15, -0.1) is 11.3 Å². The fourth-order valence-electron chi connectivity index (χ4n) is 4.28. The predicted octanol–water partition coefficient (Wildman–Crippen LogP) is 6.03. The van der Waals surface area contributed by atoms with E-state index in [1.807, 2.05) is 30.3 Å². The number of nitrogens with one attached hydrogen (secondary N) is 1. The maximum atomic E-state index is 12.2. The zero-order valence-corrected chi connectivity index (χ0v) is 21.5. The average Bonchev–Trinajstić information content (AvgIpc) is 3.45. The zero-order valence-electron chi connectivity index (χ0n) is 20.7. The Morgan fingerprint density at radius 2 is 1.58 bits per heavy atom. The molecule has 0 bridgehead atoms. The molecule has 0 aliphatic carbocycles. The van der Waals surface area contributed by atoms with Gasteiger partial charge in [0.2, 0.25) is 0 Å². The summed E-state index contributed by atoms with van der Waals surface area (Å²) in [7, 11) is 0. The Bertz CT molecular complexity index is 1550. The molecular weight excluding hydrogens is 494 g/mol. The first-order valence-electron chi connectivity index (χ1n) is 12.4. The molecule has 5 rings (SSSR count). The highest BCUT2D eigenvalue weighted by molar-refractivity contribution is 7.14. The maximum Gasteiger partial charge on any atom is 0.322 e. The Labute approximate surface area is 225 Å². The number of carbonyl (C=O) groups excluding carboxylic acids is 1. The quantitative estimate of drug-likeness (QED) is 0.235. The van der Waals surface area contributed by atoms with Gasteiger partial charge in [0.1, 0.15) is 6.54 Å². The van der Waals surface area contributed by atoms with Crippen molar-refractivity contribution in [3.63, 3.8) is 0 Å². The van der Waals surface area contributed by atoms with Gasteiger partial charge in [-0.3, -0.25) is 9.59 Å². The largest absolute Gasteiger partial charge is 0.480 e. The third-order valence-electron chi connectivity index (χ3n) is 6.31. The van der Waals surface area contributed by atoms with Gasteiger partial charge in [0.25, 0.3) is 5.91 Å². The minimum Gasteiger partial charge on any atom is -0.480 e. The Kier molecular flexibility index (Phi) is 7.75. The van der Waals surface area contributed by atoms with E-state index in [1.54, 1.807) is 23.5 Å². The van der Waals surface area contributed by atoms with Crippen molar-refractivity contribution in [2.45, 2.75) is 13.0 Å². The van der Waals surface area contributed by atoms with Crippen molar-refractivity contribution in [3.8, 4) is 11.3 Å². The molecule has 0 fully saturated rings. The summed E-state index contributed by atoms with van der Waals surface area (Å²) in [5.74, 6) is -1.48. The number of nitrogens with zero attached hydrogens (tertiary/aromatic N) is 2. The number of anilines is 1. The van der Waals surface area contributed by atoms with Crippen molar-refractivity contribution >= 4 is 39.1 Å². The molecule has 0 unspecified atom stereocenters. The van der Waals surface area contributed by atoms with Crippen LogP contribution in [-0.4, -0.2) is 35.1 Å². The van der Waals surface area contributed by atoms with E-state index in [4.69, 9.17) is 10.1 Å². The van der Waals surface area contributed by atoms with Crippen molar-refractivity contribution in [3.05, 3.63) is 119 Å². The molecule has 0 spiro atoms. The van der Waals surface area contributed by atoms with Gasteiger partial charge in [0, 0.05) is 29.6 Å². The van der Waals surface area contributed by atoms with E-state index >= 15 is 0 Å². The first kappa shape index (κ1) is 25.2. The van der Waals surface area contributed by atoms with Gasteiger partial charge in [-0.2, -0.15) is 0 Å². The molecule has 7 heteroatoms. The normalized spacial score (nSPS) is 10.8. The number of carboxylic acids is 1. The summed E-state index contributed by atoms with van der Waals surface area (Å²) >= 11 is 1.62. The number of amides is 1. The second kappa shape index (κ2) is 11.7. The lowest BCUT2D eigenvalue weighted by atomic mass is 10.1. The fourth-order valence-corrected chi connectivity index (χ4v) is 5.14.